The molecule has 0 unspecified atom stereocenters. The van der Waals surface area contributed by atoms with Gasteiger partial charge in [-0.15, -0.1) is 0 Å². The molecule has 0 bridgehead atoms. The lowest BCUT2D eigenvalue weighted by atomic mass is 9.90. The molecule has 2 rings (SSSR count). The molecule has 0 aromatic heterocycles. The van der Waals surface area contributed by atoms with E-state index in [1.807, 2.05) is 13.8 Å². The number of hydrogen-bond acceptors (Lipinski definition) is 3. The molecule has 1 aliphatic rings. The van der Waals surface area contributed by atoms with Gasteiger partial charge in [-0.1, -0.05) is 32.0 Å². The fourth-order valence-electron chi connectivity index (χ4n) is 2.03. The predicted molar refractivity (Wildman–Crippen MR) is 90.6 cm³/mol. The van der Waals surface area contributed by atoms with E-state index < -0.39 is 10.0 Å². The normalized spacial score (nSPS) is 18.1. The van der Waals surface area contributed by atoms with E-state index in [1.54, 1.807) is 31.2 Å². The van der Waals surface area contributed by atoms with Gasteiger partial charge in [-0.25, -0.2) is 0 Å². The van der Waals surface area contributed by atoms with Gasteiger partial charge in [-0.3, -0.25) is 4.79 Å². The molecule has 4 nitrogen and oxygen atoms in total. The standard InChI is InChI=1S/C16H16BrNO3S/c1-10(2)13-9-14(11(3)15(17)16(13)19)18-22(20,21)12-7-5-4-6-8-12/h4-10H,1-3H3. The molecule has 0 radical (unpaired) electrons. The van der Waals surface area contributed by atoms with Crippen LogP contribution in [0, 0.1) is 5.92 Å². The Bertz CT molecular complexity index is 803. The summed E-state index contributed by atoms with van der Waals surface area (Å²) in [6.45, 7) is 5.44. The molecule has 1 aromatic carbocycles. The number of sulfonamides is 1. The van der Waals surface area contributed by atoms with Crippen LogP contribution in [-0.4, -0.2) is 19.9 Å². The number of allylic oxidation sites excluding steroid dienone is 4. The van der Waals surface area contributed by atoms with E-state index in [0.29, 0.717) is 21.3 Å². The molecule has 1 aliphatic carbocycles. The van der Waals surface area contributed by atoms with E-state index in [9.17, 15) is 13.2 Å². The van der Waals surface area contributed by atoms with Gasteiger partial charge in [-0.05, 0) is 52.6 Å². The van der Waals surface area contributed by atoms with Gasteiger partial charge < -0.3 is 0 Å². The van der Waals surface area contributed by atoms with Crippen LogP contribution in [0.3, 0.4) is 0 Å². The Labute approximate surface area is 138 Å². The van der Waals surface area contributed by atoms with E-state index in [4.69, 9.17) is 0 Å². The minimum Gasteiger partial charge on any atom is -0.288 e. The molecule has 0 fully saturated rings. The van der Waals surface area contributed by atoms with Crippen LogP contribution in [-0.2, 0) is 14.8 Å². The van der Waals surface area contributed by atoms with Crippen LogP contribution in [0.4, 0.5) is 0 Å². The summed E-state index contributed by atoms with van der Waals surface area (Å²) in [7, 11) is -3.81. The highest BCUT2D eigenvalue weighted by atomic mass is 79.9. The number of halogens is 1. The number of ketones is 1. The summed E-state index contributed by atoms with van der Waals surface area (Å²) in [5.74, 6) is -0.138. The van der Waals surface area contributed by atoms with Crippen molar-refractivity contribution in [3.63, 3.8) is 0 Å². The van der Waals surface area contributed by atoms with Gasteiger partial charge in [0.25, 0.3) is 10.0 Å². The maximum atomic E-state index is 12.4. The highest BCUT2D eigenvalue weighted by Crippen LogP contribution is 2.29. The van der Waals surface area contributed by atoms with Crippen molar-refractivity contribution < 1.29 is 13.2 Å². The van der Waals surface area contributed by atoms with Crippen molar-refractivity contribution in [3.8, 4) is 0 Å². The molecule has 0 N–H and O–H groups in total. The van der Waals surface area contributed by atoms with Crippen LogP contribution in [0.2, 0.25) is 0 Å². The molecule has 0 saturated heterocycles. The first kappa shape index (κ1) is 16.8. The first-order chi connectivity index (χ1) is 10.2. The van der Waals surface area contributed by atoms with Crippen molar-refractivity contribution in [1.82, 2.24) is 0 Å². The van der Waals surface area contributed by atoms with Crippen molar-refractivity contribution in [2.75, 3.05) is 0 Å². The smallest absolute Gasteiger partial charge is 0.282 e. The van der Waals surface area contributed by atoms with Crippen LogP contribution in [0.25, 0.3) is 0 Å². The van der Waals surface area contributed by atoms with Crippen molar-refractivity contribution >= 4 is 37.4 Å². The van der Waals surface area contributed by atoms with Gasteiger partial charge in [0.2, 0.25) is 0 Å². The lowest BCUT2D eigenvalue weighted by molar-refractivity contribution is -0.112. The molecule has 1 aromatic rings. The summed E-state index contributed by atoms with van der Waals surface area (Å²) in [6, 6.07) is 8.02. The number of nitrogens with zero attached hydrogens (tertiary/aromatic N) is 1. The zero-order valence-corrected chi connectivity index (χ0v) is 14.9. The Morgan fingerprint density at radius 2 is 1.73 bits per heavy atom. The minimum atomic E-state index is -3.81. The monoisotopic (exact) mass is 381 g/mol. The van der Waals surface area contributed by atoms with Crippen molar-refractivity contribution in [3.05, 3.63) is 52.0 Å². The summed E-state index contributed by atoms with van der Waals surface area (Å²) in [5, 5.41) is 0. The number of Topliss-reactive ketones (excluding diaryl/α,β-unsaturated/α-hetero) is 1. The maximum Gasteiger partial charge on any atom is 0.282 e. The van der Waals surface area contributed by atoms with Crippen LogP contribution < -0.4 is 0 Å². The summed E-state index contributed by atoms with van der Waals surface area (Å²) in [4.78, 5) is 12.3. The molecule has 0 spiro atoms. The van der Waals surface area contributed by atoms with E-state index in [0.717, 1.165) is 0 Å². The average Bonchev–Trinajstić information content (AvgIpc) is 2.48. The Balaban J connectivity index is 2.57. The van der Waals surface area contributed by atoms with Crippen molar-refractivity contribution in [2.45, 2.75) is 25.7 Å². The van der Waals surface area contributed by atoms with Crippen LogP contribution >= 0.6 is 15.9 Å². The zero-order chi connectivity index (χ0) is 16.5. The second-order valence-electron chi connectivity index (χ2n) is 5.29. The third-order valence-electron chi connectivity index (χ3n) is 3.35. The first-order valence-electron chi connectivity index (χ1n) is 6.77. The molecular formula is C16H16BrNO3S. The molecule has 6 heteroatoms. The first-order valence-corrected chi connectivity index (χ1v) is 9.00. The summed E-state index contributed by atoms with van der Waals surface area (Å²) >= 11 is 3.25. The quantitative estimate of drug-likeness (QED) is 0.750. The molecular weight excluding hydrogens is 366 g/mol. The topological polar surface area (TPSA) is 63.6 Å². The van der Waals surface area contributed by atoms with Gasteiger partial charge in [-0.2, -0.15) is 12.8 Å². The molecule has 116 valence electrons. The summed E-state index contributed by atoms with van der Waals surface area (Å²) in [5.41, 5.74) is 1.35. The fraction of sp³-hybridized carbons (Fsp3) is 0.250. The van der Waals surface area contributed by atoms with Crippen molar-refractivity contribution in [1.29, 1.82) is 0 Å². The van der Waals surface area contributed by atoms with Gasteiger partial charge in [0.05, 0.1) is 15.1 Å². The van der Waals surface area contributed by atoms with Crippen molar-refractivity contribution in [2.24, 2.45) is 10.3 Å². The van der Waals surface area contributed by atoms with Crippen LogP contribution in [0.5, 0.6) is 0 Å². The van der Waals surface area contributed by atoms with Gasteiger partial charge in [0.15, 0.2) is 5.78 Å². The molecule has 0 aliphatic heterocycles. The Morgan fingerprint density at radius 1 is 1.14 bits per heavy atom. The Hall–Kier alpha value is -1.53. The Kier molecular flexibility index (Phi) is 4.82. The minimum absolute atomic E-state index is 0.0159. The zero-order valence-electron chi connectivity index (χ0n) is 12.5. The number of hydrogen-bond donors (Lipinski definition) is 0. The molecule has 22 heavy (non-hydrogen) atoms. The highest BCUT2D eigenvalue weighted by Gasteiger charge is 2.26. The fourth-order valence-corrected chi connectivity index (χ4v) is 3.52. The van der Waals surface area contributed by atoms with E-state index in [1.165, 1.54) is 12.1 Å². The number of benzene rings is 1. The number of carbonyl (C=O) groups is 1. The summed E-state index contributed by atoms with van der Waals surface area (Å²) < 4.78 is 29.0. The molecule has 0 saturated carbocycles. The number of carbonyl (C=O) groups excluding carboxylic acids is 1. The third kappa shape index (κ3) is 3.28. The van der Waals surface area contributed by atoms with Gasteiger partial charge >= 0.3 is 0 Å². The summed E-state index contributed by atoms with van der Waals surface area (Å²) in [6.07, 6.45) is 1.56. The predicted octanol–water partition coefficient (Wildman–Crippen LogP) is 3.65. The van der Waals surface area contributed by atoms with E-state index in [2.05, 4.69) is 20.3 Å². The molecule has 0 amide bonds. The molecule has 0 atom stereocenters. The second kappa shape index (κ2) is 6.30. The van der Waals surface area contributed by atoms with Gasteiger partial charge in [0, 0.05) is 5.57 Å². The lowest BCUT2D eigenvalue weighted by Crippen LogP contribution is -2.19. The largest absolute Gasteiger partial charge is 0.288 e. The Morgan fingerprint density at radius 3 is 2.27 bits per heavy atom. The van der Waals surface area contributed by atoms with Gasteiger partial charge in [0.1, 0.15) is 0 Å². The SMILES string of the molecule is CC1=C(Br)C(=O)C(C(C)C)=CC1=NS(=O)(=O)c1ccccc1. The highest BCUT2D eigenvalue weighted by molar-refractivity contribution is 9.12. The molecule has 0 heterocycles. The maximum absolute atomic E-state index is 12.4. The second-order valence-corrected chi connectivity index (χ2v) is 7.68. The third-order valence-corrected chi connectivity index (χ3v) is 5.61. The average molecular weight is 382 g/mol. The van der Waals surface area contributed by atoms with Crippen LogP contribution in [0.1, 0.15) is 20.8 Å². The number of rotatable bonds is 3. The van der Waals surface area contributed by atoms with E-state index in [-0.39, 0.29) is 16.6 Å². The van der Waals surface area contributed by atoms with E-state index >= 15 is 0 Å². The lowest BCUT2D eigenvalue weighted by Gasteiger charge is -2.18. The van der Waals surface area contributed by atoms with Crippen LogP contribution in [0.15, 0.2) is 61.3 Å².